The highest BCUT2D eigenvalue weighted by atomic mass is 31.3. The zero-order valence-corrected chi connectivity index (χ0v) is 28.2. The fourth-order valence-electron chi connectivity index (χ4n) is 4.93. The van der Waals surface area contributed by atoms with Gasteiger partial charge in [0.25, 0.3) is 0 Å². The van der Waals surface area contributed by atoms with Crippen LogP contribution in [0.15, 0.2) is 36.7 Å². The molecule has 2 aromatic heterocycles. The fraction of sp³-hybridized carbons (Fsp3) is 0.560. The number of hydrogen-bond donors (Lipinski definition) is 10. The monoisotopic (exact) mass is 769 g/mol. The highest BCUT2D eigenvalue weighted by molar-refractivity contribution is 7.61. The number of primary amides is 1. The molecule has 2 saturated heterocycles. The van der Waals surface area contributed by atoms with E-state index >= 15 is 0 Å². The van der Waals surface area contributed by atoms with Gasteiger partial charge in [0.05, 0.1) is 32.1 Å². The van der Waals surface area contributed by atoms with Crippen molar-refractivity contribution in [1.82, 2.24) is 24.4 Å². The molecule has 51 heavy (non-hydrogen) atoms. The Kier molecular flexibility index (Phi) is 13.0. The molecule has 0 radical (unpaired) electrons. The molecule has 11 atom stereocenters. The van der Waals surface area contributed by atoms with E-state index in [1.165, 1.54) is 35.1 Å². The fourth-order valence-corrected chi connectivity index (χ4v) is 7.02. The minimum absolute atomic E-state index is 0.0517. The van der Waals surface area contributed by atoms with Crippen LogP contribution in [0.25, 0.3) is 11.2 Å². The van der Waals surface area contributed by atoms with Crippen molar-refractivity contribution in [1.29, 1.82) is 0 Å². The number of ether oxygens (including phenoxy) is 2. The SMILES string of the molecule is CC(O)CC(=O)O.NC(=O)C1=CN([C@@H]2O[C@H](COP(=O)(O)OP(=O)(O)OC[C@H]3O[C@@H](n4cnc5c(N)ncnc54)[C@H](O)[C@@H]3O)[C@@H](O)[C@H]2O)C=CC1. The van der Waals surface area contributed by atoms with Crippen LogP contribution < -0.4 is 11.5 Å². The van der Waals surface area contributed by atoms with Gasteiger partial charge >= 0.3 is 21.6 Å². The number of carbonyl (C=O) groups is 2. The van der Waals surface area contributed by atoms with Crippen LogP contribution in [0.4, 0.5) is 5.82 Å². The number of hydrogen-bond acceptors (Lipinski definition) is 19. The summed E-state index contributed by atoms with van der Waals surface area (Å²) in [5.74, 6) is -1.62. The number of amides is 1. The number of carboxylic acids is 1. The number of nitrogens with zero attached hydrogens (tertiary/aromatic N) is 5. The van der Waals surface area contributed by atoms with E-state index in [2.05, 4.69) is 19.3 Å². The van der Waals surface area contributed by atoms with E-state index in [-0.39, 0.29) is 35.4 Å². The number of allylic oxidation sites excluding steroid dienone is 1. The van der Waals surface area contributed by atoms with Crippen LogP contribution >= 0.6 is 15.6 Å². The number of fused-ring (bicyclic) bond motifs is 1. The largest absolute Gasteiger partial charge is 0.481 e. The van der Waals surface area contributed by atoms with E-state index in [1.54, 1.807) is 6.08 Å². The van der Waals surface area contributed by atoms with Gasteiger partial charge in [-0.1, -0.05) is 6.08 Å². The number of nitrogens with two attached hydrogens (primary N) is 2. The first kappa shape index (κ1) is 40.3. The van der Waals surface area contributed by atoms with Gasteiger partial charge in [-0.2, -0.15) is 4.31 Å². The number of carboxylic acid groups (broad SMARTS) is 1. The highest BCUT2D eigenvalue weighted by Gasteiger charge is 2.48. The molecule has 3 unspecified atom stereocenters. The number of aliphatic hydroxyl groups is 5. The molecule has 1 amide bonds. The topological polar surface area (TPSA) is 375 Å². The molecule has 26 heteroatoms. The predicted octanol–water partition coefficient (Wildman–Crippen LogP) is -2.84. The first-order chi connectivity index (χ1) is 23.8. The molecular weight excluding hydrogens is 732 g/mol. The number of imidazole rings is 1. The number of phosphoric ester groups is 2. The summed E-state index contributed by atoms with van der Waals surface area (Å²) < 4.78 is 50.8. The van der Waals surface area contributed by atoms with E-state index < -0.39 is 95.9 Å². The molecule has 5 heterocycles. The molecule has 0 aromatic carbocycles. The molecule has 0 spiro atoms. The minimum atomic E-state index is -5.37. The molecule has 0 aliphatic carbocycles. The number of rotatable bonds is 13. The molecule has 3 aliphatic rings. The summed E-state index contributed by atoms with van der Waals surface area (Å²) in [6, 6.07) is 0. The second-order valence-electron chi connectivity index (χ2n) is 11.3. The molecule has 0 saturated carbocycles. The van der Waals surface area contributed by atoms with Crippen LogP contribution in [0.5, 0.6) is 0 Å². The van der Waals surface area contributed by atoms with E-state index in [9.17, 15) is 48.9 Å². The lowest BCUT2D eigenvalue weighted by atomic mass is 10.1. The van der Waals surface area contributed by atoms with Crippen molar-refractivity contribution >= 4 is 44.5 Å². The van der Waals surface area contributed by atoms with Gasteiger partial charge in [-0.15, -0.1) is 0 Å². The van der Waals surface area contributed by atoms with Gasteiger partial charge < -0.3 is 66.3 Å². The Hall–Kier alpha value is -3.45. The molecule has 24 nitrogen and oxygen atoms in total. The average molecular weight is 770 g/mol. The first-order valence-corrected chi connectivity index (χ1v) is 17.8. The summed E-state index contributed by atoms with van der Waals surface area (Å²) in [5, 5.41) is 57.9. The van der Waals surface area contributed by atoms with Crippen LogP contribution in [-0.2, 0) is 41.6 Å². The van der Waals surface area contributed by atoms with E-state index in [0.717, 1.165) is 6.33 Å². The second kappa shape index (κ2) is 16.5. The zero-order valence-electron chi connectivity index (χ0n) is 26.4. The summed E-state index contributed by atoms with van der Waals surface area (Å²) in [6.07, 6.45) is -5.77. The van der Waals surface area contributed by atoms with Crippen molar-refractivity contribution in [3.8, 4) is 0 Å². The third-order valence-corrected chi connectivity index (χ3v) is 9.95. The van der Waals surface area contributed by atoms with E-state index in [1.807, 2.05) is 0 Å². The summed E-state index contributed by atoms with van der Waals surface area (Å²) in [7, 11) is -10.7. The van der Waals surface area contributed by atoms with Crippen molar-refractivity contribution in [2.45, 2.75) is 74.9 Å². The zero-order chi connectivity index (χ0) is 37.8. The standard InChI is InChI=1S/C21H29N7O14P2.C4H8O3/c22-17-12-19(25-7-24-17)28(8-26-12)21-16(32)14(30)11(41-21)6-39-44(36,37)42-43(34,35)38-5-10-13(29)15(31)20(40-10)27-3-1-2-9(4-27)18(23)33;1-3(5)2-4(6)7/h1,3-4,7-8,10-11,13-16,20-21,29-32H,2,5-6H2,(H2,23,33)(H,34,35)(H,36,37)(H2,22,24,25);3,5H,2H2,1H3,(H,6,7)/t10-,11-,13-,14-,15-,16-,20-,21-;/m1./s1. The van der Waals surface area contributed by atoms with Crippen molar-refractivity contribution < 1.29 is 82.0 Å². The molecule has 2 aromatic rings. The summed E-state index contributed by atoms with van der Waals surface area (Å²) >= 11 is 0. The number of nitrogen functional groups attached to an aromatic ring is 1. The summed E-state index contributed by atoms with van der Waals surface area (Å²) in [6.45, 7) is -0.347. The maximum Gasteiger partial charge on any atom is 0.481 e. The second-order valence-corrected chi connectivity index (χ2v) is 14.3. The van der Waals surface area contributed by atoms with Crippen LogP contribution in [0.3, 0.4) is 0 Å². The Balaban J connectivity index is 0.000000755. The lowest BCUT2D eigenvalue weighted by molar-refractivity contribution is -0.138. The summed E-state index contributed by atoms with van der Waals surface area (Å²) in [4.78, 5) is 54.3. The smallest absolute Gasteiger partial charge is 0.481 e. The lowest BCUT2D eigenvalue weighted by Crippen LogP contribution is -2.40. The van der Waals surface area contributed by atoms with Gasteiger partial charge in [0.15, 0.2) is 23.9 Å². The van der Waals surface area contributed by atoms with Crippen molar-refractivity contribution in [2.24, 2.45) is 5.73 Å². The normalized spacial score (nSPS) is 30.6. The maximum atomic E-state index is 12.4. The van der Waals surface area contributed by atoms with Crippen molar-refractivity contribution in [3.05, 3.63) is 36.7 Å². The number of aromatic nitrogens is 4. The molecule has 12 N–H and O–H groups in total. The van der Waals surface area contributed by atoms with E-state index in [4.69, 9.17) is 40.2 Å². The lowest BCUT2D eigenvalue weighted by Gasteiger charge is -2.28. The Morgan fingerprint density at radius 1 is 0.980 bits per heavy atom. The van der Waals surface area contributed by atoms with Crippen molar-refractivity contribution in [3.63, 3.8) is 0 Å². The van der Waals surface area contributed by atoms with E-state index in [0.29, 0.717) is 0 Å². The van der Waals surface area contributed by atoms with Gasteiger partial charge in [-0.3, -0.25) is 23.2 Å². The number of anilines is 1. The Morgan fingerprint density at radius 2 is 1.55 bits per heavy atom. The molecule has 0 bridgehead atoms. The minimum Gasteiger partial charge on any atom is -0.481 e. The number of aliphatic carboxylic acids is 1. The number of carbonyl (C=O) groups excluding carboxylic acids is 1. The Morgan fingerprint density at radius 3 is 2.08 bits per heavy atom. The maximum absolute atomic E-state index is 12.4. The van der Waals surface area contributed by atoms with Gasteiger partial charge in [-0.05, 0) is 13.3 Å². The predicted molar refractivity (Wildman–Crippen MR) is 166 cm³/mol. The van der Waals surface area contributed by atoms with Crippen LogP contribution in [-0.4, -0.2) is 139 Å². The first-order valence-electron chi connectivity index (χ1n) is 14.8. The Bertz CT molecular complexity index is 1730. The molecule has 3 aliphatic heterocycles. The molecule has 2 fully saturated rings. The van der Waals surface area contributed by atoms with Gasteiger partial charge in [-0.25, -0.2) is 24.1 Å². The molecule has 284 valence electrons. The van der Waals surface area contributed by atoms with Gasteiger partial charge in [0.1, 0.15) is 48.5 Å². The third kappa shape index (κ3) is 10.1. The highest BCUT2D eigenvalue weighted by Crippen LogP contribution is 2.60. The van der Waals surface area contributed by atoms with Gasteiger partial charge in [0.2, 0.25) is 5.91 Å². The third-order valence-electron chi connectivity index (χ3n) is 7.35. The van der Waals surface area contributed by atoms with Gasteiger partial charge in [0, 0.05) is 18.0 Å². The Labute approximate surface area is 287 Å². The molecule has 5 rings (SSSR count). The van der Waals surface area contributed by atoms with Crippen molar-refractivity contribution in [2.75, 3.05) is 18.9 Å². The number of aliphatic hydroxyl groups excluding tert-OH is 5. The van der Waals surface area contributed by atoms with Crippen LogP contribution in [0.1, 0.15) is 26.0 Å². The number of phosphoric acid groups is 2. The van der Waals surface area contributed by atoms with Crippen LogP contribution in [0, 0.1) is 0 Å². The molecular formula is C25H37N7O17P2. The van der Waals surface area contributed by atoms with Crippen LogP contribution in [0.2, 0.25) is 0 Å². The quantitative estimate of drug-likeness (QED) is 0.0917. The average Bonchev–Trinajstić information content (AvgIpc) is 3.68. The summed E-state index contributed by atoms with van der Waals surface area (Å²) in [5.41, 5.74) is 11.6.